The Kier molecular flexibility index (Phi) is 4.94. The van der Waals surface area contributed by atoms with Crippen molar-refractivity contribution in [1.29, 1.82) is 0 Å². The van der Waals surface area contributed by atoms with Crippen LogP contribution in [-0.4, -0.2) is 54.3 Å². The highest BCUT2D eigenvalue weighted by atomic mass is 16.2. The summed E-state index contributed by atoms with van der Waals surface area (Å²) in [5, 5.41) is 0. The molecule has 0 radical (unpaired) electrons. The standard InChI is InChI=1S/C20H26N6O/c1-3-24(15-18-21-9-13-23(18)2)14-16-19(20(27)25-10-6-7-11-25)22-17-8-4-5-12-26(16)17/h4-5,8-9,12-13H,3,6-7,10-11,14-15H2,1-2H3. The maximum absolute atomic E-state index is 13.1. The van der Waals surface area contributed by atoms with Gasteiger partial charge in [0.1, 0.15) is 11.5 Å². The molecule has 27 heavy (non-hydrogen) atoms. The van der Waals surface area contributed by atoms with E-state index in [0.29, 0.717) is 12.2 Å². The molecule has 0 unspecified atom stereocenters. The lowest BCUT2D eigenvalue weighted by molar-refractivity contribution is 0.0785. The van der Waals surface area contributed by atoms with Crippen LogP contribution in [0, 0.1) is 0 Å². The number of carbonyl (C=O) groups is 1. The predicted molar refractivity (Wildman–Crippen MR) is 103 cm³/mol. The molecule has 0 bridgehead atoms. The third-order valence-corrected chi connectivity index (χ3v) is 5.33. The second-order valence-corrected chi connectivity index (χ2v) is 7.09. The van der Waals surface area contributed by atoms with Crippen LogP contribution in [0.4, 0.5) is 0 Å². The summed E-state index contributed by atoms with van der Waals surface area (Å²) in [5.74, 6) is 1.07. The predicted octanol–water partition coefficient (Wildman–Crippen LogP) is 2.33. The van der Waals surface area contributed by atoms with Crippen LogP contribution >= 0.6 is 0 Å². The fraction of sp³-hybridized carbons (Fsp3) is 0.450. The van der Waals surface area contributed by atoms with Gasteiger partial charge < -0.3 is 13.9 Å². The van der Waals surface area contributed by atoms with Crippen LogP contribution < -0.4 is 0 Å². The van der Waals surface area contributed by atoms with Gasteiger partial charge in [0.15, 0.2) is 5.69 Å². The molecule has 1 saturated heterocycles. The number of carbonyl (C=O) groups excluding carboxylic acids is 1. The molecule has 0 saturated carbocycles. The summed E-state index contributed by atoms with van der Waals surface area (Å²) in [6.45, 7) is 6.05. The van der Waals surface area contributed by atoms with E-state index in [-0.39, 0.29) is 5.91 Å². The second kappa shape index (κ2) is 7.52. The normalized spacial score (nSPS) is 14.6. The highest BCUT2D eigenvalue weighted by molar-refractivity contribution is 5.94. The quantitative estimate of drug-likeness (QED) is 0.672. The van der Waals surface area contributed by atoms with Gasteiger partial charge in [-0.25, -0.2) is 9.97 Å². The van der Waals surface area contributed by atoms with Crippen LogP contribution in [-0.2, 0) is 20.1 Å². The SMILES string of the molecule is CCN(Cc1nccn1C)Cc1c(C(=O)N2CCCC2)nc2ccccn12. The largest absolute Gasteiger partial charge is 0.337 e. The molecule has 1 aliphatic rings. The molecule has 3 aromatic heterocycles. The Labute approximate surface area is 159 Å². The Morgan fingerprint density at radius 2 is 2.00 bits per heavy atom. The van der Waals surface area contributed by atoms with Crippen molar-refractivity contribution in [2.45, 2.75) is 32.9 Å². The number of aryl methyl sites for hydroxylation is 1. The van der Waals surface area contributed by atoms with E-state index in [4.69, 9.17) is 0 Å². The molecule has 0 spiro atoms. The fourth-order valence-electron chi connectivity index (χ4n) is 3.68. The van der Waals surface area contributed by atoms with Crippen molar-refractivity contribution in [3.05, 3.63) is 54.0 Å². The molecule has 1 fully saturated rings. The Morgan fingerprint density at radius 3 is 2.70 bits per heavy atom. The first-order valence-corrected chi connectivity index (χ1v) is 9.61. The van der Waals surface area contributed by atoms with Gasteiger partial charge in [0, 0.05) is 45.3 Å². The average Bonchev–Trinajstić information content (AvgIpc) is 3.42. The second-order valence-electron chi connectivity index (χ2n) is 7.09. The maximum atomic E-state index is 13.1. The Bertz CT molecular complexity index is 937. The minimum absolute atomic E-state index is 0.0549. The van der Waals surface area contributed by atoms with Crippen molar-refractivity contribution < 1.29 is 4.79 Å². The lowest BCUT2D eigenvalue weighted by atomic mass is 10.2. The summed E-state index contributed by atoms with van der Waals surface area (Å²) >= 11 is 0. The first-order chi connectivity index (χ1) is 13.2. The third-order valence-electron chi connectivity index (χ3n) is 5.33. The molecular weight excluding hydrogens is 340 g/mol. The van der Waals surface area contributed by atoms with Gasteiger partial charge in [-0.2, -0.15) is 0 Å². The van der Waals surface area contributed by atoms with Gasteiger partial charge in [0.05, 0.1) is 12.2 Å². The van der Waals surface area contributed by atoms with Crippen LogP contribution in [0.15, 0.2) is 36.8 Å². The van der Waals surface area contributed by atoms with E-state index in [1.54, 1.807) is 0 Å². The molecule has 7 nitrogen and oxygen atoms in total. The zero-order chi connectivity index (χ0) is 18.8. The first kappa shape index (κ1) is 17.7. The topological polar surface area (TPSA) is 58.7 Å². The summed E-state index contributed by atoms with van der Waals surface area (Å²) in [6, 6.07) is 5.90. The molecule has 7 heteroatoms. The van der Waals surface area contributed by atoms with Gasteiger partial charge in [-0.1, -0.05) is 13.0 Å². The molecule has 3 aromatic rings. The number of likely N-dealkylation sites (tertiary alicyclic amines) is 1. The minimum atomic E-state index is 0.0549. The molecule has 0 aromatic carbocycles. The smallest absolute Gasteiger partial charge is 0.274 e. The van der Waals surface area contributed by atoms with Crippen LogP contribution in [0.25, 0.3) is 5.65 Å². The Balaban J connectivity index is 1.67. The fourth-order valence-corrected chi connectivity index (χ4v) is 3.68. The van der Waals surface area contributed by atoms with E-state index >= 15 is 0 Å². The number of fused-ring (bicyclic) bond motifs is 1. The van der Waals surface area contributed by atoms with E-state index in [1.165, 1.54) is 0 Å². The van der Waals surface area contributed by atoms with Crippen molar-refractivity contribution >= 4 is 11.6 Å². The molecule has 1 aliphatic heterocycles. The highest BCUT2D eigenvalue weighted by Crippen LogP contribution is 2.20. The molecule has 0 N–H and O–H groups in total. The number of hydrogen-bond acceptors (Lipinski definition) is 4. The summed E-state index contributed by atoms with van der Waals surface area (Å²) in [6.07, 6.45) is 7.93. The number of imidazole rings is 2. The van der Waals surface area contributed by atoms with E-state index in [0.717, 1.165) is 56.2 Å². The zero-order valence-electron chi connectivity index (χ0n) is 16.0. The van der Waals surface area contributed by atoms with Gasteiger partial charge >= 0.3 is 0 Å². The van der Waals surface area contributed by atoms with Crippen LogP contribution in [0.2, 0.25) is 0 Å². The van der Waals surface area contributed by atoms with Crippen molar-refractivity contribution in [2.75, 3.05) is 19.6 Å². The number of pyridine rings is 1. The monoisotopic (exact) mass is 366 g/mol. The van der Waals surface area contributed by atoms with Crippen LogP contribution in [0.1, 0.15) is 41.8 Å². The van der Waals surface area contributed by atoms with Crippen molar-refractivity contribution in [3.8, 4) is 0 Å². The van der Waals surface area contributed by atoms with Gasteiger partial charge in [-0.05, 0) is 31.5 Å². The van der Waals surface area contributed by atoms with Gasteiger partial charge in [0.2, 0.25) is 0 Å². The highest BCUT2D eigenvalue weighted by Gasteiger charge is 2.26. The molecule has 0 atom stereocenters. The number of hydrogen-bond donors (Lipinski definition) is 0. The molecule has 0 aliphatic carbocycles. The molecule has 4 rings (SSSR count). The number of rotatable bonds is 6. The Morgan fingerprint density at radius 1 is 1.19 bits per heavy atom. The van der Waals surface area contributed by atoms with Gasteiger partial charge in [0.25, 0.3) is 5.91 Å². The third kappa shape index (κ3) is 3.47. The van der Waals surface area contributed by atoms with Crippen molar-refractivity contribution in [1.82, 2.24) is 28.7 Å². The van der Waals surface area contributed by atoms with Crippen molar-refractivity contribution in [2.24, 2.45) is 7.05 Å². The summed E-state index contributed by atoms with van der Waals surface area (Å²) < 4.78 is 4.08. The maximum Gasteiger partial charge on any atom is 0.274 e. The van der Waals surface area contributed by atoms with Gasteiger partial charge in [-0.15, -0.1) is 0 Å². The lowest BCUT2D eigenvalue weighted by Crippen LogP contribution is -2.31. The molecule has 4 heterocycles. The molecule has 1 amide bonds. The number of nitrogens with zero attached hydrogens (tertiary/aromatic N) is 6. The van der Waals surface area contributed by atoms with E-state index in [1.807, 2.05) is 57.7 Å². The minimum Gasteiger partial charge on any atom is -0.337 e. The van der Waals surface area contributed by atoms with E-state index in [9.17, 15) is 4.79 Å². The summed E-state index contributed by atoms with van der Waals surface area (Å²) in [5.41, 5.74) is 2.36. The van der Waals surface area contributed by atoms with Gasteiger partial charge in [-0.3, -0.25) is 9.69 Å². The van der Waals surface area contributed by atoms with E-state index in [2.05, 4.69) is 21.8 Å². The lowest BCUT2D eigenvalue weighted by Gasteiger charge is -2.21. The summed E-state index contributed by atoms with van der Waals surface area (Å²) in [7, 11) is 2.01. The van der Waals surface area contributed by atoms with Crippen LogP contribution in [0.5, 0.6) is 0 Å². The molecule has 142 valence electrons. The number of aromatic nitrogens is 4. The average molecular weight is 366 g/mol. The first-order valence-electron chi connectivity index (χ1n) is 9.61. The summed E-state index contributed by atoms with van der Waals surface area (Å²) in [4.78, 5) is 26.4. The Hall–Kier alpha value is -2.67. The number of amides is 1. The van der Waals surface area contributed by atoms with Crippen LogP contribution in [0.3, 0.4) is 0 Å². The zero-order valence-corrected chi connectivity index (χ0v) is 16.0. The van der Waals surface area contributed by atoms with E-state index < -0.39 is 0 Å². The van der Waals surface area contributed by atoms with Crippen molar-refractivity contribution in [3.63, 3.8) is 0 Å². The molecular formula is C20H26N6O.